The molecule has 0 unspecified atom stereocenters. The maximum atomic E-state index is 5.93. The molecule has 1 saturated carbocycles. The number of fused-ring (bicyclic) bond motifs is 1. The van der Waals surface area contributed by atoms with Crippen LogP contribution in [0.5, 0.6) is 5.75 Å². The molecular formula is C18H28N2O. The van der Waals surface area contributed by atoms with Crippen molar-refractivity contribution in [1.29, 1.82) is 0 Å². The molecule has 2 aliphatic rings. The first-order valence-corrected chi connectivity index (χ1v) is 8.46. The van der Waals surface area contributed by atoms with Gasteiger partial charge in [0, 0.05) is 31.2 Å². The second-order valence-corrected chi connectivity index (χ2v) is 6.83. The van der Waals surface area contributed by atoms with E-state index < -0.39 is 0 Å². The average Bonchev–Trinajstić information content (AvgIpc) is 3.01. The van der Waals surface area contributed by atoms with Gasteiger partial charge in [-0.25, -0.2) is 0 Å². The Morgan fingerprint density at radius 3 is 2.86 bits per heavy atom. The second-order valence-electron chi connectivity index (χ2n) is 6.83. The fourth-order valence-electron chi connectivity index (χ4n) is 3.66. The summed E-state index contributed by atoms with van der Waals surface area (Å²) in [7, 11) is 0. The average molecular weight is 288 g/mol. The Hall–Kier alpha value is -1.22. The van der Waals surface area contributed by atoms with E-state index in [1.54, 1.807) is 0 Å². The first-order chi connectivity index (χ1) is 10.2. The van der Waals surface area contributed by atoms with E-state index in [-0.39, 0.29) is 0 Å². The van der Waals surface area contributed by atoms with Crippen molar-refractivity contribution < 1.29 is 4.74 Å². The van der Waals surface area contributed by atoms with Crippen LogP contribution < -0.4 is 10.1 Å². The minimum absolute atomic E-state index is 0.712. The van der Waals surface area contributed by atoms with Gasteiger partial charge in [0.2, 0.25) is 0 Å². The molecule has 1 heterocycles. The molecule has 0 radical (unpaired) electrons. The fourth-order valence-corrected chi connectivity index (χ4v) is 3.66. The quantitative estimate of drug-likeness (QED) is 0.889. The molecule has 0 spiro atoms. The number of hydrogen-bond donors (Lipinski definition) is 1. The van der Waals surface area contributed by atoms with Gasteiger partial charge in [0.25, 0.3) is 0 Å². The molecule has 0 aromatic heterocycles. The lowest BCUT2D eigenvalue weighted by Crippen LogP contribution is -2.36. The van der Waals surface area contributed by atoms with Crippen LogP contribution in [-0.2, 0) is 6.54 Å². The van der Waals surface area contributed by atoms with Gasteiger partial charge in [-0.2, -0.15) is 0 Å². The number of benzene rings is 1. The van der Waals surface area contributed by atoms with E-state index in [4.69, 9.17) is 4.74 Å². The van der Waals surface area contributed by atoms with E-state index in [1.807, 2.05) is 0 Å². The third kappa shape index (κ3) is 3.52. The summed E-state index contributed by atoms with van der Waals surface area (Å²) in [6.45, 7) is 8.53. The number of nitrogens with one attached hydrogen (secondary N) is 1. The summed E-state index contributed by atoms with van der Waals surface area (Å²) in [6, 6.07) is 7.27. The van der Waals surface area contributed by atoms with Crippen LogP contribution in [0.2, 0.25) is 0 Å². The number of rotatable bonds is 5. The van der Waals surface area contributed by atoms with Crippen molar-refractivity contribution >= 4 is 5.69 Å². The lowest BCUT2D eigenvalue weighted by molar-refractivity contribution is 0.166. The van der Waals surface area contributed by atoms with Crippen LogP contribution in [0.3, 0.4) is 0 Å². The Labute approximate surface area is 128 Å². The molecule has 1 aromatic rings. The molecule has 0 saturated heterocycles. The number of hydrogen-bond acceptors (Lipinski definition) is 3. The Bertz CT molecular complexity index is 466. The van der Waals surface area contributed by atoms with Gasteiger partial charge in [-0.15, -0.1) is 0 Å². The van der Waals surface area contributed by atoms with Crippen molar-refractivity contribution in [2.45, 2.75) is 52.1 Å². The molecule has 3 rings (SSSR count). The van der Waals surface area contributed by atoms with Gasteiger partial charge in [-0.05, 0) is 24.8 Å². The van der Waals surface area contributed by atoms with Crippen molar-refractivity contribution in [3.05, 3.63) is 23.8 Å². The van der Waals surface area contributed by atoms with E-state index >= 15 is 0 Å². The summed E-state index contributed by atoms with van der Waals surface area (Å²) in [6.07, 6.45) is 5.51. The third-order valence-corrected chi connectivity index (χ3v) is 4.57. The van der Waals surface area contributed by atoms with Gasteiger partial charge in [0.05, 0.1) is 5.69 Å². The Morgan fingerprint density at radius 1 is 1.29 bits per heavy atom. The molecule has 1 N–H and O–H groups in total. The van der Waals surface area contributed by atoms with Crippen molar-refractivity contribution in [2.24, 2.45) is 5.92 Å². The summed E-state index contributed by atoms with van der Waals surface area (Å²) < 4.78 is 5.93. The fraction of sp³-hybridized carbons (Fsp3) is 0.667. The highest BCUT2D eigenvalue weighted by atomic mass is 16.5. The number of anilines is 1. The minimum Gasteiger partial charge on any atom is -0.489 e. The van der Waals surface area contributed by atoms with E-state index in [9.17, 15) is 0 Å². The molecule has 0 amide bonds. The highest BCUT2D eigenvalue weighted by molar-refractivity contribution is 5.61. The first kappa shape index (κ1) is 14.7. The number of ether oxygens (including phenoxy) is 1. The summed E-state index contributed by atoms with van der Waals surface area (Å²) in [5.41, 5.74) is 2.50. The van der Waals surface area contributed by atoms with Crippen LogP contribution in [0, 0.1) is 5.92 Å². The predicted octanol–water partition coefficient (Wildman–Crippen LogP) is 3.89. The van der Waals surface area contributed by atoms with Crippen LogP contribution in [-0.4, -0.2) is 30.6 Å². The second kappa shape index (κ2) is 6.69. The zero-order chi connectivity index (χ0) is 14.7. The standard InChI is InChI=1S/C18H28N2O/c1-14(2)12-20(16-7-3-4-8-16)13-15-6-5-9-17-18(15)21-11-10-19-17/h5-6,9,14,16,19H,3-4,7-8,10-13H2,1-2H3. The maximum absolute atomic E-state index is 5.93. The number of nitrogens with zero attached hydrogens (tertiary/aromatic N) is 1. The van der Waals surface area contributed by atoms with Crippen LogP contribution in [0.4, 0.5) is 5.69 Å². The Kier molecular flexibility index (Phi) is 4.69. The van der Waals surface area contributed by atoms with Crippen molar-refractivity contribution in [3.63, 3.8) is 0 Å². The monoisotopic (exact) mass is 288 g/mol. The van der Waals surface area contributed by atoms with Crippen molar-refractivity contribution in [3.8, 4) is 5.75 Å². The Balaban J connectivity index is 1.78. The molecule has 0 atom stereocenters. The van der Waals surface area contributed by atoms with Crippen LogP contribution in [0.15, 0.2) is 18.2 Å². The molecule has 1 aromatic carbocycles. The molecule has 1 aliphatic heterocycles. The van der Waals surface area contributed by atoms with E-state index in [1.165, 1.54) is 37.8 Å². The molecule has 1 fully saturated rings. The summed E-state index contributed by atoms with van der Waals surface area (Å²) >= 11 is 0. The molecule has 3 heteroatoms. The summed E-state index contributed by atoms with van der Waals surface area (Å²) in [5, 5.41) is 3.44. The minimum atomic E-state index is 0.712. The molecular weight excluding hydrogens is 260 g/mol. The predicted molar refractivity (Wildman–Crippen MR) is 87.9 cm³/mol. The lowest BCUT2D eigenvalue weighted by Gasteiger charge is -2.32. The molecule has 21 heavy (non-hydrogen) atoms. The van der Waals surface area contributed by atoms with Crippen molar-refractivity contribution in [1.82, 2.24) is 4.90 Å². The van der Waals surface area contributed by atoms with Crippen LogP contribution >= 0.6 is 0 Å². The Morgan fingerprint density at radius 2 is 2.10 bits per heavy atom. The molecule has 1 aliphatic carbocycles. The van der Waals surface area contributed by atoms with Crippen LogP contribution in [0.25, 0.3) is 0 Å². The van der Waals surface area contributed by atoms with Gasteiger partial charge < -0.3 is 10.1 Å². The highest BCUT2D eigenvalue weighted by Gasteiger charge is 2.25. The zero-order valence-corrected chi connectivity index (χ0v) is 13.4. The van der Waals surface area contributed by atoms with Crippen molar-refractivity contribution in [2.75, 3.05) is 25.0 Å². The maximum Gasteiger partial charge on any atom is 0.146 e. The molecule has 3 nitrogen and oxygen atoms in total. The molecule has 116 valence electrons. The van der Waals surface area contributed by atoms with E-state index in [2.05, 4.69) is 42.3 Å². The topological polar surface area (TPSA) is 24.5 Å². The van der Waals surface area contributed by atoms with E-state index in [0.29, 0.717) is 5.92 Å². The SMILES string of the molecule is CC(C)CN(Cc1cccc2c1OCCN2)C1CCCC1. The van der Waals surface area contributed by atoms with Crippen LogP contribution in [0.1, 0.15) is 45.1 Å². The smallest absolute Gasteiger partial charge is 0.146 e. The van der Waals surface area contributed by atoms with Gasteiger partial charge in [0.15, 0.2) is 0 Å². The van der Waals surface area contributed by atoms with Gasteiger partial charge in [0.1, 0.15) is 12.4 Å². The van der Waals surface area contributed by atoms with E-state index in [0.717, 1.165) is 37.2 Å². The zero-order valence-electron chi connectivity index (χ0n) is 13.4. The van der Waals surface area contributed by atoms with Gasteiger partial charge >= 0.3 is 0 Å². The largest absolute Gasteiger partial charge is 0.489 e. The highest BCUT2D eigenvalue weighted by Crippen LogP contribution is 2.34. The summed E-state index contributed by atoms with van der Waals surface area (Å²) in [4.78, 5) is 2.69. The summed E-state index contributed by atoms with van der Waals surface area (Å²) in [5.74, 6) is 1.79. The van der Waals surface area contributed by atoms with Gasteiger partial charge in [-0.3, -0.25) is 4.90 Å². The normalized spacial score (nSPS) is 18.7. The van der Waals surface area contributed by atoms with Gasteiger partial charge in [-0.1, -0.05) is 38.8 Å². The number of para-hydroxylation sites is 1. The molecule has 0 bridgehead atoms. The third-order valence-electron chi connectivity index (χ3n) is 4.57. The lowest BCUT2D eigenvalue weighted by atomic mass is 10.1. The first-order valence-electron chi connectivity index (χ1n) is 8.46.